The van der Waals surface area contributed by atoms with Gasteiger partial charge in [-0.3, -0.25) is 4.90 Å². The fourth-order valence-corrected chi connectivity index (χ4v) is 3.20. The van der Waals surface area contributed by atoms with Crippen LogP contribution >= 0.6 is 11.3 Å². The van der Waals surface area contributed by atoms with E-state index in [0.717, 1.165) is 19.0 Å². The molecule has 0 aliphatic heterocycles. The van der Waals surface area contributed by atoms with Crippen molar-refractivity contribution in [3.8, 4) is 0 Å². The molecule has 0 radical (unpaired) electrons. The lowest BCUT2D eigenvalue weighted by Crippen LogP contribution is -2.29. The number of nitrogens with one attached hydrogen (secondary N) is 1. The van der Waals surface area contributed by atoms with Gasteiger partial charge in [-0.15, -0.1) is 11.3 Å². The fraction of sp³-hybridized carbons (Fsp3) is 0.750. The zero-order valence-corrected chi connectivity index (χ0v) is 14.2. The first kappa shape index (κ1) is 16.7. The van der Waals surface area contributed by atoms with Crippen molar-refractivity contribution < 1.29 is 0 Å². The van der Waals surface area contributed by atoms with Crippen LogP contribution in [0.4, 0.5) is 0 Å². The lowest BCUT2D eigenvalue weighted by Gasteiger charge is -2.25. The van der Waals surface area contributed by atoms with Crippen LogP contribution in [-0.2, 0) is 13.1 Å². The third kappa shape index (κ3) is 6.55. The average molecular weight is 282 g/mol. The van der Waals surface area contributed by atoms with Gasteiger partial charge in [0.15, 0.2) is 0 Å². The summed E-state index contributed by atoms with van der Waals surface area (Å²) >= 11 is 1.94. The monoisotopic (exact) mass is 282 g/mol. The molecule has 0 fully saturated rings. The molecule has 0 saturated carbocycles. The lowest BCUT2D eigenvalue weighted by molar-refractivity contribution is 0.222. The molecule has 2 nitrogen and oxygen atoms in total. The summed E-state index contributed by atoms with van der Waals surface area (Å²) in [5, 5.41) is 3.47. The Labute approximate surface area is 123 Å². The minimum atomic E-state index is 0.555. The van der Waals surface area contributed by atoms with Crippen LogP contribution < -0.4 is 5.32 Å². The third-order valence-electron chi connectivity index (χ3n) is 3.37. The summed E-state index contributed by atoms with van der Waals surface area (Å²) in [6, 6.07) is 5.75. The van der Waals surface area contributed by atoms with Gasteiger partial charge >= 0.3 is 0 Å². The summed E-state index contributed by atoms with van der Waals surface area (Å²) in [5.41, 5.74) is 0. The van der Waals surface area contributed by atoms with Crippen molar-refractivity contribution in [2.24, 2.45) is 5.92 Å². The van der Waals surface area contributed by atoms with Crippen molar-refractivity contribution >= 4 is 11.3 Å². The SMILES string of the molecule is CC(C)CC(C)N(C)Cc1ccc(CNC(C)C)s1. The van der Waals surface area contributed by atoms with Crippen molar-refractivity contribution in [2.75, 3.05) is 7.05 Å². The molecule has 1 aromatic heterocycles. The predicted molar refractivity (Wildman–Crippen MR) is 86.7 cm³/mol. The molecule has 0 saturated heterocycles. The Hall–Kier alpha value is -0.380. The second-order valence-corrected chi connectivity index (χ2v) is 7.55. The predicted octanol–water partition coefficient (Wildman–Crippen LogP) is 4.11. The van der Waals surface area contributed by atoms with E-state index >= 15 is 0 Å². The summed E-state index contributed by atoms with van der Waals surface area (Å²) in [7, 11) is 2.23. The molecule has 0 aliphatic rings. The topological polar surface area (TPSA) is 15.3 Å². The maximum atomic E-state index is 3.47. The summed E-state index contributed by atoms with van der Waals surface area (Å²) in [4.78, 5) is 5.37. The molecular formula is C16H30N2S. The molecule has 1 atom stereocenters. The van der Waals surface area contributed by atoms with Crippen LogP contribution in [0.1, 0.15) is 50.8 Å². The Bertz CT molecular complexity index is 357. The van der Waals surface area contributed by atoms with Crippen molar-refractivity contribution in [3.05, 3.63) is 21.9 Å². The van der Waals surface area contributed by atoms with Crippen LogP contribution in [0, 0.1) is 5.92 Å². The molecule has 0 spiro atoms. The van der Waals surface area contributed by atoms with Gasteiger partial charge in [-0.25, -0.2) is 0 Å². The van der Waals surface area contributed by atoms with Crippen LogP contribution in [-0.4, -0.2) is 24.0 Å². The molecule has 19 heavy (non-hydrogen) atoms. The maximum Gasteiger partial charge on any atom is 0.0327 e. The Morgan fingerprint density at radius 1 is 1.11 bits per heavy atom. The van der Waals surface area contributed by atoms with E-state index in [9.17, 15) is 0 Å². The maximum absolute atomic E-state index is 3.47. The molecule has 0 aliphatic carbocycles. The van der Waals surface area contributed by atoms with E-state index < -0.39 is 0 Å². The number of hydrogen-bond donors (Lipinski definition) is 1. The van der Waals surface area contributed by atoms with Gasteiger partial charge in [0.05, 0.1) is 0 Å². The molecule has 110 valence electrons. The van der Waals surface area contributed by atoms with Gasteiger partial charge in [0, 0.05) is 34.9 Å². The van der Waals surface area contributed by atoms with Gasteiger partial charge in [0.25, 0.3) is 0 Å². The molecule has 1 unspecified atom stereocenters. The highest BCUT2D eigenvalue weighted by atomic mass is 32.1. The van der Waals surface area contributed by atoms with Crippen LogP contribution in [0.15, 0.2) is 12.1 Å². The Balaban J connectivity index is 2.44. The largest absolute Gasteiger partial charge is 0.310 e. The zero-order valence-electron chi connectivity index (χ0n) is 13.4. The van der Waals surface area contributed by atoms with Gasteiger partial charge in [0.1, 0.15) is 0 Å². The van der Waals surface area contributed by atoms with Gasteiger partial charge in [-0.1, -0.05) is 27.7 Å². The first-order chi connectivity index (χ1) is 8.88. The standard InChI is InChI=1S/C16H30N2S/c1-12(2)9-14(5)18(6)11-16-8-7-15(19-16)10-17-13(3)4/h7-8,12-14,17H,9-11H2,1-6H3. The van der Waals surface area contributed by atoms with Crippen molar-refractivity contribution in [2.45, 2.75) is 66.2 Å². The summed E-state index contributed by atoms with van der Waals surface area (Å²) in [5.74, 6) is 0.770. The van der Waals surface area contributed by atoms with Gasteiger partial charge in [-0.05, 0) is 38.4 Å². The number of hydrogen-bond acceptors (Lipinski definition) is 3. The highest BCUT2D eigenvalue weighted by Crippen LogP contribution is 2.20. The van der Waals surface area contributed by atoms with Gasteiger partial charge < -0.3 is 5.32 Å². The molecule has 1 aromatic rings. The Morgan fingerprint density at radius 3 is 2.32 bits per heavy atom. The second-order valence-electron chi connectivity index (χ2n) is 6.30. The number of thiophene rings is 1. The lowest BCUT2D eigenvalue weighted by atomic mass is 10.0. The molecule has 1 rings (SSSR count). The molecule has 0 bridgehead atoms. The van der Waals surface area contributed by atoms with Crippen LogP contribution in [0.25, 0.3) is 0 Å². The normalized spacial score (nSPS) is 13.7. The quantitative estimate of drug-likeness (QED) is 0.772. The molecule has 0 aromatic carbocycles. The van der Waals surface area contributed by atoms with Crippen LogP contribution in [0.3, 0.4) is 0 Å². The van der Waals surface area contributed by atoms with E-state index in [4.69, 9.17) is 0 Å². The van der Waals surface area contributed by atoms with E-state index in [-0.39, 0.29) is 0 Å². The number of rotatable bonds is 8. The minimum Gasteiger partial charge on any atom is -0.310 e. The van der Waals surface area contributed by atoms with E-state index in [1.165, 1.54) is 16.2 Å². The van der Waals surface area contributed by atoms with Crippen LogP contribution in [0.5, 0.6) is 0 Å². The minimum absolute atomic E-state index is 0.555. The van der Waals surface area contributed by atoms with Crippen molar-refractivity contribution in [1.82, 2.24) is 10.2 Å². The van der Waals surface area contributed by atoms with E-state index in [2.05, 4.69) is 64.0 Å². The fourth-order valence-electron chi connectivity index (χ4n) is 2.17. The highest BCUT2D eigenvalue weighted by molar-refractivity contribution is 7.11. The van der Waals surface area contributed by atoms with Crippen LogP contribution in [0.2, 0.25) is 0 Å². The molecule has 1 N–H and O–H groups in total. The van der Waals surface area contributed by atoms with E-state index in [1.807, 2.05) is 11.3 Å². The second kappa shape index (κ2) is 8.03. The first-order valence-electron chi connectivity index (χ1n) is 7.39. The zero-order chi connectivity index (χ0) is 14.4. The summed E-state index contributed by atoms with van der Waals surface area (Å²) in [6.07, 6.45) is 1.27. The van der Waals surface area contributed by atoms with E-state index in [1.54, 1.807) is 0 Å². The molecule has 0 amide bonds. The Kier molecular flexibility index (Phi) is 7.05. The van der Waals surface area contributed by atoms with Gasteiger partial charge in [-0.2, -0.15) is 0 Å². The Morgan fingerprint density at radius 2 is 1.74 bits per heavy atom. The van der Waals surface area contributed by atoms with Crippen molar-refractivity contribution in [1.29, 1.82) is 0 Å². The number of nitrogens with zero attached hydrogens (tertiary/aromatic N) is 1. The average Bonchev–Trinajstić information content (AvgIpc) is 2.73. The summed E-state index contributed by atoms with van der Waals surface area (Å²) in [6.45, 7) is 13.4. The molecule has 1 heterocycles. The molecular weight excluding hydrogens is 252 g/mol. The van der Waals surface area contributed by atoms with Gasteiger partial charge in [0.2, 0.25) is 0 Å². The van der Waals surface area contributed by atoms with Crippen molar-refractivity contribution in [3.63, 3.8) is 0 Å². The third-order valence-corrected chi connectivity index (χ3v) is 4.44. The first-order valence-corrected chi connectivity index (χ1v) is 8.21. The molecule has 3 heteroatoms. The summed E-state index contributed by atoms with van der Waals surface area (Å²) < 4.78 is 0. The smallest absolute Gasteiger partial charge is 0.0327 e. The van der Waals surface area contributed by atoms with E-state index in [0.29, 0.717) is 12.1 Å². The highest BCUT2D eigenvalue weighted by Gasteiger charge is 2.12.